The van der Waals surface area contributed by atoms with Crippen LogP contribution in [0.5, 0.6) is 0 Å². The van der Waals surface area contributed by atoms with E-state index in [-0.39, 0.29) is 17.7 Å². The van der Waals surface area contributed by atoms with E-state index in [0.29, 0.717) is 11.8 Å². The number of halogens is 1. The molecule has 138 valence electrons. The Hall–Kier alpha value is -1.62. The van der Waals surface area contributed by atoms with Crippen molar-refractivity contribution in [3.8, 4) is 0 Å². The van der Waals surface area contributed by atoms with Crippen LogP contribution in [0.3, 0.4) is 0 Å². The number of benzene rings is 1. The largest absolute Gasteiger partial charge is 0.481 e. The van der Waals surface area contributed by atoms with Gasteiger partial charge in [0, 0.05) is 10.2 Å². The van der Waals surface area contributed by atoms with Gasteiger partial charge in [-0.1, -0.05) is 41.9 Å². The van der Waals surface area contributed by atoms with Gasteiger partial charge >= 0.3 is 5.97 Å². The molecule has 2 fully saturated rings. The van der Waals surface area contributed by atoms with E-state index in [1.807, 2.05) is 12.1 Å². The highest BCUT2D eigenvalue weighted by atomic mass is 79.9. The molecule has 2 bridgehead atoms. The zero-order chi connectivity index (χ0) is 18.6. The number of carbonyl (C=O) groups excluding carboxylic acids is 1. The fraction of sp³-hybridized carbons (Fsp3) is 0.524. The first-order valence-electron chi connectivity index (χ1n) is 9.49. The summed E-state index contributed by atoms with van der Waals surface area (Å²) in [5.74, 6) is -0.983. The van der Waals surface area contributed by atoms with Crippen molar-refractivity contribution in [3.05, 3.63) is 39.9 Å². The van der Waals surface area contributed by atoms with Crippen LogP contribution in [-0.2, 0) is 22.4 Å². The molecule has 26 heavy (non-hydrogen) atoms. The molecule has 2 saturated carbocycles. The van der Waals surface area contributed by atoms with Crippen LogP contribution in [0.2, 0.25) is 0 Å². The fourth-order valence-corrected chi connectivity index (χ4v) is 5.77. The van der Waals surface area contributed by atoms with Gasteiger partial charge in [-0.15, -0.1) is 0 Å². The molecule has 6 atom stereocenters. The molecule has 0 spiro atoms. The van der Waals surface area contributed by atoms with E-state index >= 15 is 0 Å². The van der Waals surface area contributed by atoms with Gasteiger partial charge in [0.05, 0.1) is 11.8 Å². The van der Waals surface area contributed by atoms with Gasteiger partial charge in [-0.3, -0.25) is 9.59 Å². The average molecular weight is 418 g/mol. The van der Waals surface area contributed by atoms with Gasteiger partial charge in [-0.2, -0.15) is 0 Å². The maximum atomic E-state index is 13.2. The predicted molar refractivity (Wildman–Crippen MR) is 104 cm³/mol. The van der Waals surface area contributed by atoms with Crippen molar-refractivity contribution in [2.45, 2.75) is 33.1 Å². The fourth-order valence-electron chi connectivity index (χ4n) is 5.22. The minimum atomic E-state index is -0.836. The van der Waals surface area contributed by atoms with E-state index < -0.39 is 17.8 Å². The number of aliphatic carboxylic acids is 1. The van der Waals surface area contributed by atoms with Gasteiger partial charge in [0.1, 0.15) is 0 Å². The lowest BCUT2D eigenvalue weighted by Crippen LogP contribution is -2.48. The van der Waals surface area contributed by atoms with Crippen molar-refractivity contribution in [1.82, 2.24) is 0 Å². The van der Waals surface area contributed by atoms with E-state index in [1.165, 1.54) is 0 Å². The number of carbonyl (C=O) groups is 2. The van der Waals surface area contributed by atoms with Crippen molar-refractivity contribution < 1.29 is 14.7 Å². The molecular formula is C21H24BrNO3. The van der Waals surface area contributed by atoms with Crippen LogP contribution in [0.1, 0.15) is 31.4 Å². The highest BCUT2D eigenvalue weighted by molar-refractivity contribution is 9.10. The molecule has 0 heterocycles. The molecule has 0 saturated heterocycles. The van der Waals surface area contributed by atoms with Crippen LogP contribution in [0.25, 0.3) is 0 Å². The van der Waals surface area contributed by atoms with E-state index in [9.17, 15) is 14.7 Å². The summed E-state index contributed by atoms with van der Waals surface area (Å²) in [6.45, 7) is 4.13. The Bertz CT molecular complexity index is 777. The van der Waals surface area contributed by atoms with Crippen LogP contribution in [0, 0.1) is 35.5 Å². The number of aryl methyl sites for hydroxylation is 2. The summed E-state index contributed by atoms with van der Waals surface area (Å²) in [4.78, 5) is 25.2. The summed E-state index contributed by atoms with van der Waals surface area (Å²) in [5.41, 5.74) is 3.03. The number of allylic oxidation sites excluding steroid dienone is 2. The molecule has 4 aliphatic carbocycles. The molecule has 4 aliphatic rings. The Morgan fingerprint density at radius 2 is 1.62 bits per heavy atom. The molecule has 6 unspecified atom stereocenters. The monoisotopic (exact) mass is 417 g/mol. The summed E-state index contributed by atoms with van der Waals surface area (Å²) < 4.78 is 1.01. The standard InChI is InChI=1S/C21H24BrNO3/c1-3-10-7-12(22)8-11(4-2)19(10)23-20(24)17-13-5-6-14(16-9-15(13)16)18(17)21(25)26/h5-8,13-18H,3-4,9H2,1-2H3,(H,23,24)(H,25,26). The summed E-state index contributed by atoms with van der Waals surface area (Å²) >= 11 is 3.54. The predicted octanol–water partition coefficient (Wildman–Crippen LogP) is 4.28. The first kappa shape index (κ1) is 17.8. The van der Waals surface area contributed by atoms with Crippen LogP contribution >= 0.6 is 15.9 Å². The van der Waals surface area contributed by atoms with Crippen LogP contribution in [0.15, 0.2) is 28.8 Å². The van der Waals surface area contributed by atoms with Gasteiger partial charge in [-0.05, 0) is 66.2 Å². The van der Waals surface area contributed by atoms with Crippen molar-refractivity contribution in [3.63, 3.8) is 0 Å². The number of rotatable bonds is 5. The second-order valence-electron chi connectivity index (χ2n) is 7.79. The SMILES string of the molecule is CCc1cc(Br)cc(CC)c1NC(=O)C1C2C=CC(C3CC23)C1C(=O)O. The summed E-state index contributed by atoms with van der Waals surface area (Å²) in [5, 5.41) is 12.9. The van der Waals surface area contributed by atoms with E-state index in [1.54, 1.807) is 0 Å². The van der Waals surface area contributed by atoms with Crippen LogP contribution in [-0.4, -0.2) is 17.0 Å². The molecule has 0 radical (unpaired) electrons. The number of fused-ring (bicyclic) bond motifs is 1. The van der Waals surface area contributed by atoms with Crippen LogP contribution < -0.4 is 5.32 Å². The summed E-state index contributed by atoms with van der Waals surface area (Å²) in [6, 6.07) is 4.07. The highest BCUT2D eigenvalue weighted by Crippen LogP contribution is 2.63. The van der Waals surface area contributed by atoms with Crippen molar-refractivity contribution >= 4 is 33.5 Å². The Morgan fingerprint density at radius 3 is 2.12 bits per heavy atom. The van der Waals surface area contributed by atoms with E-state index in [0.717, 1.165) is 40.5 Å². The third kappa shape index (κ3) is 2.72. The number of anilines is 1. The average Bonchev–Trinajstić information content (AvgIpc) is 3.44. The first-order valence-corrected chi connectivity index (χ1v) is 10.3. The molecular weight excluding hydrogens is 394 g/mol. The van der Waals surface area contributed by atoms with Gasteiger partial charge in [0.2, 0.25) is 5.91 Å². The molecule has 1 aromatic carbocycles. The Labute approximate surface area is 162 Å². The van der Waals surface area contributed by atoms with Crippen LogP contribution in [0.4, 0.5) is 5.69 Å². The second-order valence-corrected chi connectivity index (χ2v) is 8.70. The lowest BCUT2D eigenvalue weighted by Gasteiger charge is -2.41. The van der Waals surface area contributed by atoms with Crippen molar-refractivity contribution in [2.24, 2.45) is 35.5 Å². The minimum Gasteiger partial charge on any atom is -0.481 e. The summed E-state index contributed by atoms with van der Waals surface area (Å²) in [6.07, 6.45) is 6.84. The molecule has 5 heteroatoms. The molecule has 0 aromatic heterocycles. The Balaban J connectivity index is 1.66. The normalized spacial score (nSPS) is 33.7. The lowest BCUT2D eigenvalue weighted by molar-refractivity contribution is -0.152. The Kier molecular flexibility index (Phi) is 4.46. The number of carboxylic acids is 1. The van der Waals surface area contributed by atoms with Gasteiger partial charge in [-0.25, -0.2) is 0 Å². The molecule has 5 rings (SSSR count). The van der Waals surface area contributed by atoms with Gasteiger partial charge in [0.15, 0.2) is 0 Å². The number of amides is 1. The lowest BCUT2D eigenvalue weighted by atomic mass is 9.62. The quantitative estimate of drug-likeness (QED) is 0.702. The second kappa shape index (κ2) is 6.52. The first-order chi connectivity index (χ1) is 12.5. The molecule has 4 nitrogen and oxygen atoms in total. The third-order valence-corrected chi connectivity index (χ3v) is 6.97. The molecule has 2 N–H and O–H groups in total. The van der Waals surface area contributed by atoms with Crippen molar-refractivity contribution in [1.29, 1.82) is 0 Å². The zero-order valence-electron chi connectivity index (χ0n) is 15.0. The molecule has 1 amide bonds. The minimum absolute atomic E-state index is 0.0134. The molecule has 0 aliphatic heterocycles. The van der Waals surface area contributed by atoms with Gasteiger partial charge in [0.25, 0.3) is 0 Å². The zero-order valence-corrected chi connectivity index (χ0v) is 16.6. The maximum Gasteiger partial charge on any atom is 0.307 e. The smallest absolute Gasteiger partial charge is 0.307 e. The maximum absolute atomic E-state index is 13.2. The topological polar surface area (TPSA) is 66.4 Å². The van der Waals surface area contributed by atoms with E-state index in [2.05, 4.69) is 47.2 Å². The Morgan fingerprint density at radius 1 is 1.08 bits per heavy atom. The number of carboxylic acid groups (broad SMARTS) is 1. The van der Waals surface area contributed by atoms with Crippen molar-refractivity contribution in [2.75, 3.05) is 5.32 Å². The third-order valence-electron chi connectivity index (χ3n) is 6.52. The highest BCUT2D eigenvalue weighted by Gasteiger charge is 2.63. The van der Waals surface area contributed by atoms with E-state index in [4.69, 9.17) is 0 Å². The number of nitrogens with one attached hydrogen (secondary N) is 1. The molecule has 1 aromatic rings. The number of hydrogen-bond acceptors (Lipinski definition) is 2. The summed E-state index contributed by atoms with van der Waals surface area (Å²) in [7, 11) is 0. The number of hydrogen-bond donors (Lipinski definition) is 2. The van der Waals surface area contributed by atoms with Gasteiger partial charge < -0.3 is 10.4 Å².